The molecule has 4 rings (SSSR count). The van der Waals surface area contributed by atoms with Crippen molar-refractivity contribution >= 4 is 22.8 Å². The van der Waals surface area contributed by atoms with Crippen molar-refractivity contribution < 1.29 is 0 Å². The average Bonchev–Trinajstić information content (AvgIpc) is 3.11. The second-order valence-electron chi connectivity index (χ2n) is 6.43. The third-order valence-corrected chi connectivity index (χ3v) is 5.28. The zero-order chi connectivity index (χ0) is 13.7. The van der Waals surface area contributed by atoms with E-state index >= 15 is 0 Å². The number of pyridine rings is 1. The third kappa shape index (κ3) is 1.86. The molecule has 0 amide bonds. The average molecular weight is 290 g/mol. The summed E-state index contributed by atoms with van der Waals surface area (Å²) in [5.74, 6) is 3.51. The van der Waals surface area contributed by atoms with Gasteiger partial charge < -0.3 is 4.57 Å². The fourth-order valence-electron chi connectivity index (χ4n) is 4.27. The van der Waals surface area contributed by atoms with Gasteiger partial charge in [-0.05, 0) is 49.7 Å². The molecule has 2 fully saturated rings. The van der Waals surface area contributed by atoms with E-state index in [2.05, 4.69) is 22.5 Å². The third-order valence-electron chi connectivity index (χ3n) is 5.09. The van der Waals surface area contributed by atoms with Gasteiger partial charge >= 0.3 is 0 Å². The highest BCUT2D eigenvalue weighted by molar-refractivity contribution is 6.17. The molecule has 2 aromatic heterocycles. The van der Waals surface area contributed by atoms with Crippen LogP contribution in [-0.2, 0) is 6.42 Å². The van der Waals surface area contributed by atoms with Gasteiger partial charge in [-0.2, -0.15) is 0 Å². The van der Waals surface area contributed by atoms with Crippen molar-refractivity contribution in [2.45, 2.75) is 45.1 Å². The van der Waals surface area contributed by atoms with Gasteiger partial charge in [0.15, 0.2) is 5.65 Å². The van der Waals surface area contributed by atoms with Crippen LogP contribution in [0.15, 0.2) is 12.3 Å². The number of aromatic nitrogens is 3. The smallest absolute Gasteiger partial charge is 0.160 e. The van der Waals surface area contributed by atoms with Gasteiger partial charge in [0.2, 0.25) is 0 Å². The molecule has 2 aromatic rings. The Hall–Kier alpha value is -1.09. The number of imidazole rings is 1. The van der Waals surface area contributed by atoms with Crippen LogP contribution in [0.25, 0.3) is 11.2 Å². The SMILES string of the molecule is Cc1cnc2c(c1)nc(CCCl)n2C1CC2CCC1C2. The van der Waals surface area contributed by atoms with Crippen LogP contribution in [-0.4, -0.2) is 20.4 Å². The molecule has 2 aliphatic rings. The molecule has 0 saturated heterocycles. The summed E-state index contributed by atoms with van der Waals surface area (Å²) < 4.78 is 2.42. The van der Waals surface area contributed by atoms with E-state index in [0.717, 1.165) is 35.2 Å². The lowest BCUT2D eigenvalue weighted by molar-refractivity contribution is 0.328. The summed E-state index contributed by atoms with van der Waals surface area (Å²) in [6.07, 6.45) is 8.30. The van der Waals surface area contributed by atoms with E-state index in [1.54, 1.807) is 0 Å². The monoisotopic (exact) mass is 289 g/mol. The van der Waals surface area contributed by atoms with E-state index < -0.39 is 0 Å². The first-order valence-corrected chi connectivity index (χ1v) is 8.19. The highest BCUT2D eigenvalue weighted by Gasteiger charge is 2.41. The van der Waals surface area contributed by atoms with Gasteiger partial charge in [0.1, 0.15) is 11.3 Å². The number of halogens is 1. The summed E-state index contributed by atoms with van der Waals surface area (Å²) >= 11 is 5.98. The van der Waals surface area contributed by atoms with E-state index in [4.69, 9.17) is 16.6 Å². The van der Waals surface area contributed by atoms with Crippen LogP contribution < -0.4 is 0 Å². The van der Waals surface area contributed by atoms with Gasteiger partial charge in [-0.25, -0.2) is 9.97 Å². The fourth-order valence-corrected chi connectivity index (χ4v) is 4.44. The molecule has 0 aromatic carbocycles. The topological polar surface area (TPSA) is 30.7 Å². The van der Waals surface area contributed by atoms with Crippen LogP contribution in [0.5, 0.6) is 0 Å². The maximum absolute atomic E-state index is 5.98. The van der Waals surface area contributed by atoms with Crippen LogP contribution in [0.1, 0.15) is 43.1 Å². The molecule has 3 nitrogen and oxygen atoms in total. The van der Waals surface area contributed by atoms with Gasteiger partial charge in [-0.3, -0.25) is 0 Å². The maximum atomic E-state index is 5.98. The Bertz CT molecular complexity index is 648. The lowest BCUT2D eigenvalue weighted by atomic mass is 9.95. The summed E-state index contributed by atoms with van der Waals surface area (Å²) in [7, 11) is 0. The molecule has 0 spiro atoms. The highest BCUT2D eigenvalue weighted by Crippen LogP contribution is 2.51. The molecule has 2 aliphatic carbocycles. The zero-order valence-electron chi connectivity index (χ0n) is 11.8. The van der Waals surface area contributed by atoms with E-state index in [1.165, 1.54) is 31.2 Å². The summed E-state index contributed by atoms with van der Waals surface area (Å²) in [5, 5.41) is 0. The number of rotatable bonds is 3. The summed E-state index contributed by atoms with van der Waals surface area (Å²) in [6.45, 7) is 2.07. The van der Waals surface area contributed by atoms with Gasteiger partial charge in [0, 0.05) is 24.5 Å². The molecular weight excluding hydrogens is 270 g/mol. The number of aryl methyl sites for hydroxylation is 2. The molecule has 106 valence electrons. The van der Waals surface area contributed by atoms with Crippen molar-refractivity contribution in [3.63, 3.8) is 0 Å². The molecule has 2 heterocycles. The molecule has 20 heavy (non-hydrogen) atoms. The molecule has 0 radical (unpaired) electrons. The van der Waals surface area contributed by atoms with Crippen molar-refractivity contribution in [1.29, 1.82) is 0 Å². The standard InChI is InChI=1S/C16H20ClN3/c1-10-6-13-16(18-9-10)20(15(19-13)4-5-17)14-8-11-2-3-12(14)7-11/h6,9,11-12,14H,2-5,7-8H2,1H3. The minimum atomic E-state index is 0.604. The van der Waals surface area contributed by atoms with Gasteiger partial charge in [0.25, 0.3) is 0 Å². The van der Waals surface area contributed by atoms with Crippen molar-refractivity contribution in [3.05, 3.63) is 23.7 Å². The van der Waals surface area contributed by atoms with E-state index in [9.17, 15) is 0 Å². The Kier molecular flexibility index (Phi) is 2.99. The Labute approximate surface area is 124 Å². The number of fused-ring (bicyclic) bond motifs is 3. The molecule has 3 atom stereocenters. The van der Waals surface area contributed by atoms with Crippen molar-refractivity contribution in [3.8, 4) is 0 Å². The number of alkyl halides is 1. The first-order valence-electron chi connectivity index (χ1n) is 7.65. The van der Waals surface area contributed by atoms with E-state index in [-0.39, 0.29) is 0 Å². The quantitative estimate of drug-likeness (QED) is 0.803. The number of hydrogen-bond acceptors (Lipinski definition) is 2. The summed E-state index contributed by atoms with van der Waals surface area (Å²) in [5.41, 5.74) is 3.27. The molecular formula is C16H20ClN3. The minimum Gasteiger partial charge on any atom is -0.309 e. The Morgan fingerprint density at radius 3 is 2.95 bits per heavy atom. The second kappa shape index (κ2) is 4.73. The Morgan fingerprint density at radius 1 is 1.35 bits per heavy atom. The van der Waals surface area contributed by atoms with Crippen LogP contribution in [0, 0.1) is 18.8 Å². The Morgan fingerprint density at radius 2 is 2.25 bits per heavy atom. The second-order valence-corrected chi connectivity index (χ2v) is 6.81. The molecule has 0 aliphatic heterocycles. The molecule has 4 heteroatoms. The summed E-state index contributed by atoms with van der Waals surface area (Å²) in [4.78, 5) is 9.48. The normalized spacial score (nSPS) is 28.6. The van der Waals surface area contributed by atoms with E-state index in [1.807, 2.05) is 6.20 Å². The van der Waals surface area contributed by atoms with E-state index in [0.29, 0.717) is 11.9 Å². The first-order chi connectivity index (χ1) is 9.76. The van der Waals surface area contributed by atoms with Crippen LogP contribution in [0.3, 0.4) is 0 Å². The first kappa shape index (κ1) is 12.6. The molecule has 2 bridgehead atoms. The van der Waals surface area contributed by atoms with Crippen molar-refractivity contribution in [1.82, 2.24) is 14.5 Å². The van der Waals surface area contributed by atoms with Gasteiger partial charge in [0.05, 0.1) is 0 Å². The van der Waals surface area contributed by atoms with Crippen LogP contribution >= 0.6 is 11.6 Å². The predicted molar refractivity (Wildman–Crippen MR) is 81.2 cm³/mol. The molecule has 3 unspecified atom stereocenters. The number of nitrogens with zero attached hydrogens (tertiary/aromatic N) is 3. The lowest BCUT2D eigenvalue weighted by Crippen LogP contribution is -2.19. The number of hydrogen-bond donors (Lipinski definition) is 0. The minimum absolute atomic E-state index is 0.604. The van der Waals surface area contributed by atoms with Crippen LogP contribution in [0.2, 0.25) is 0 Å². The van der Waals surface area contributed by atoms with Crippen molar-refractivity contribution in [2.75, 3.05) is 5.88 Å². The predicted octanol–water partition coefficient (Wildman–Crippen LogP) is 3.88. The largest absolute Gasteiger partial charge is 0.309 e. The van der Waals surface area contributed by atoms with Crippen molar-refractivity contribution in [2.24, 2.45) is 11.8 Å². The molecule has 2 saturated carbocycles. The lowest BCUT2D eigenvalue weighted by Gasteiger charge is -2.25. The highest BCUT2D eigenvalue weighted by atomic mass is 35.5. The van der Waals surface area contributed by atoms with Gasteiger partial charge in [-0.15, -0.1) is 11.6 Å². The molecule has 0 N–H and O–H groups in total. The summed E-state index contributed by atoms with van der Waals surface area (Å²) in [6, 6.07) is 2.75. The Balaban J connectivity index is 1.85. The zero-order valence-corrected chi connectivity index (χ0v) is 12.6. The fraction of sp³-hybridized carbons (Fsp3) is 0.625. The maximum Gasteiger partial charge on any atom is 0.160 e. The van der Waals surface area contributed by atoms with Crippen LogP contribution in [0.4, 0.5) is 0 Å². The van der Waals surface area contributed by atoms with Gasteiger partial charge in [-0.1, -0.05) is 6.42 Å².